The van der Waals surface area contributed by atoms with Crippen molar-refractivity contribution in [1.82, 2.24) is 0 Å². The van der Waals surface area contributed by atoms with Gasteiger partial charge >= 0.3 is 5.97 Å². The van der Waals surface area contributed by atoms with E-state index in [1.165, 1.54) is 18.2 Å². The molecule has 0 aliphatic heterocycles. The van der Waals surface area contributed by atoms with Gasteiger partial charge in [-0.15, -0.1) is 0 Å². The first-order valence-electron chi connectivity index (χ1n) is 7.90. The molecule has 0 unspecified atom stereocenters. The van der Waals surface area contributed by atoms with Crippen molar-refractivity contribution in [2.75, 3.05) is 11.9 Å². The molecule has 138 valence electrons. The third-order valence-electron chi connectivity index (χ3n) is 3.74. The second-order valence-electron chi connectivity index (χ2n) is 5.66. The first kappa shape index (κ1) is 19.6. The number of carbonyl (C=O) groups excluding carboxylic acids is 2. The molecule has 0 heterocycles. The minimum Gasteiger partial charge on any atom is -0.452 e. The average molecular weight is 376 g/mol. The summed E-state index contributed by atoms with van der Waals surface area (Å²) in [5, 5.41) is 7.77. The van der Waals surface area contributed by atoms with Gasteiger partial charge in [-0.2, -0.15) is 0 Å². The van der Waals surface area contributed by atoms with Crippen LogP contribution in [0, 0.1) is 6.92 Å². The van der Waals surface area contributed by atoms with Crippen LogP contribution in [-0.2, 0) is 26.0 Å². The number of amides is 1. The summed E-state index contributed by atoms with van der Waals surface area (Å²) in [7, 11) is -3.93. The Hall–Kier alpha value is -2.71. The summed E-state index contributed by atoms with van der Waals surface area (Å²) in [5.74, 6) is -1.30. The van der Waals surface area contributed by atoms with Gasteiger partial charge in [0.05, 0.1) is 10.5 Å². The topological polar surface area (TPSA) is 116 Å². The first-order chi connectivity index (χ1) is 12.2. The number of primary sulfonamides is 1. The fourth-order valence-electron chi connectivity index (χ4n) is 2.39. The maximum Gasteiger partial charge on any atom is 0.338 e. The molecule has 0 radical (unpaired) electrons. The highest BCUT2D eigenvalue weighted by atomic mass is 32.2. The molecule has 7 nitrogen and oxygen atoms in total. The van der Waals surface area contributed by atoms with Crippen LogP contribution in [-0.4, -0.2) is 26.9 Å². The van der Waals surface area contributed by atoms with Gasteiger partial charge in [-0.05, 0) is 42.7 Å². The summed E-state index contributed by atoms with van der Waals surface area (Å²) in [6.45, 7) is 3.36. The highest BCUT2D eigenvalue weighted by Gasteiger charge is 2.15. The minimum atomic E-state index is -3.93. The molecule has 0 saturated heterocycles. The van der Waals surface area contributed by atoms with Crippen molar-refractivity contribution in [3.05, 3.63) is 59.2 Å². The number of esters is 1. The normalized spacial score (nSPS) is 11.0. The Morgan fingerprint density at radius 3 is 2.50 bits per heavy atom. The molecule has 0 bridgehead atoms. The maximum absolute atomic E-state index is 12.1. The molecule has 0 aromatic heterocycles. The van der Waals surface area contributed by atoms with Crippen molar-refractivity contribution >= 4 is 27.6 Å². The number of rotatable bonds is 6. The number of aryl methyl sites for hydroxylation is 2. The minimum absolute atomic E-state index is 0.00513. The van der Waals surface area contributed by atoms with Crippen molar-refractivity contribution in [2.45, 2.75) is 25.2 Å². The first-order valence-corrected chi connectivity index (χ1v) is 9.45. The van der Waals surface area contributed by atoms with Gasteiger partial charge in [0.15, 0.2) is 6.61 Å². The van der Waals surface area contributed by atoms with E-state index in [1.807, 2.05) is 32.0 Å². The predicted molar refractivity (Wildman–Crippen MR) is 97.3 cm³/mol. The third kappa shape index (κ3) is 4.90. The standard InChI is InChI=1S/C18H20N2O5S/c1-3-13-7-4-6-12(2)17(13)20-16(21)11-25-18(22)14-8-5-9-15(10-14)26(19,23)24/h4-10H,3,11H2,1-2H3,(H,20,21)(H2,19,23,24). The molecule has 2 aromatic rings. The van der Waals surface area contributed by atoms with Gasteiger partial charge in [0.2, 0.25) is 10.0 Å². The van der Waals surface area contributed by atoms with Crippen molar-refractivity contribution < 1.29 is 22.7 Å². The molecule has 8 heteroatoms. The molecule has 2 aromatic carbocycles. The van der Waals surface area contributed by atoms with Crippen LogP contribution in [0.2, 0.25) is 0 Å². The van der Waals surface area contributed by atoms with Crippen LogP contribution in [0.5, 0.6) is 0 Å². The molecule has 0 saturated carbocycles. The number of hydrogen-bond donors (Lipinski definition) is 2. The molecular formula is C18H20N2O5S. The highest BCUT2D eigenvalue weighted by molar-refractivity contribution is 7.89. The average Bonchev–Trinajstić information content (AvgIpc) is 2.60. The number of nitrogens with two attached hydrogens (primary N) is 1. The number of sulfonamides is 1. The van der Waals surface area contributed by atoms with Gasteiger partial charge in [-0.25, -0.2) is 18.4 Å². The number of hydrogen-bond acceptors (Lipinski definition) is 5. The molecular weight excluding hydrogens is 356 g/mol. The number of para-hydroxylation sites is 1. The summed E-state index contributed by atoms with van der Waals surface area (Å²) in [6, 6.07) is 10.8. The Morgan fingerprint density at radius 1 is 1.15 bits per heavy atom. The number of carbonyl (C=O) groups is 2. The Bertz CT molecular complexity index is 938. The summed E-state index contributed by atoms with van der Waals surface area (Å²) >= 11 is 0. The summed E-state index contributed by atoms with van der Waals surface area (Å²) in [6.07, 6.45) is 0.747. The van der Waals surface area contributed by atoms with Gasteiger partial charge in [0, 0.05) is 5.69 Å². The number of nitrogens with one attached hydrogen (secondary N) is 1. The molecule has 2 rings (SSSR count). The fourth-order valence-corrected chi connectivity index (χ4v) is 2.95. The number of ether oxygens (including phenoxy) is 1. The molecule has 0 aliphatic rings. The van der Waals surface area contributed by atoms with Crippen LogP contribution in [0.15, 0.2) is 47.4 Å². The lowest BCUT2D eigenvalue weighted by atomic mass is 10.1. The maximum atomic E-state index is 12.1. The van der Waals surface area contributed by atoms with E-state index in [1.54, 1.807) is 0 Å². The smallest absolute Gasteiger partial charge is 0.338 e. The number of benzene rings is 2. The van der Waals surface area contributed by atoms with E-state index in [4.69, 9.17) is 9.88 Å². The van der Waals surface area contributed by atoms with E-state index in [9.17, 15) is 18.0 Å². The van der Waals surface area contributed by atoms with Crippen LogP contribution in [0.25, 0.3) is 0 Å². The lowest BCUT2D eigenvalue weighted by molar-refractivity contribution is -0.119. The largest absolute Gasteiger partial charge is 0.452 e. The molecule has 0 aliphatic carbocycles. The summed E-state index contributed by atoms with van der Waals surface area (Å²) < 4.78 is 27.6. The van der Waals surface area contributed by atoms with E-state index in [2.05, 4.69) is 5.32 Å². The van der Waals surface area contributed by atoms with Crippen molar-refractivity contribution in [2.24, 2.45) is 5.14 Å². The van der Waals surface area contributed by atoms with Crippen LogP contribution < -0.4 is 10.5 Å². The zero-order valence-corrected chi connectivity index (χ0v) is 15.3. The summed E-state index contributed by atoms with van der Waals surface area (Å²) in [5.41, 5.74) is 2.58. The molecule has 0 atom stereocenters. The second kappa shape index (κ2) is 8.11. The van der Waals surface area contributed by atoms with Crippen LogP contribution in [0.3, 0.4) is 0 Å². The van der Waals surface area contributed by atoms with Crippen molar-refractivity contribution in [1.29, 1.82) is 0 Å². The fraction of sp³-hybridized carbons (Fsp3) is 0.222. The zero-order chi connectivity index (χ0) is 19.3. The third-order valence-corrected chi connectivity index (χ3v) is 4.65. The van der Waals surface area contributed by atoms with Crippen molar-refractivity contribution in [3.63, 3.8) is 0 Å². The molecule has 3 N–H and O–H groups in total. The van der Waals surface area contributed by atoms with Gasteiger partial charge < -0.3 is 10.1 Å². The molecule has 26 heavy (non-hydrogen) atoms. The second-order valence-corrected chi connectivity index (χ2v) is 7.22. The van der Waals surface area contributed by atoms with E-state index in [0.717, 1.165) is 23.6 Å². The molecule has 0 spiro atoms. The predicted octanol–water partition coefficient (Wildman–Crippen LogP) is 2.00. The Kier molecular flexibility index (Phi) is 6.12. The van der Waals surface area contributed by atoms with Crippen LogP contribution in [0.4, 0.5) is 5.69 Å². The number of anilines is 1. The van der Waals surface area contributed by atoms with Gasteiger partial charge in [-0.3, -0.25) is 4.79 Å². The lowest BCUT2D eigenvalue weighted by Crippen LogP contribution is -2.22. The van der Waals surface area contributed by atoms with E-state index in [-0.39, 0.29) is 10.5 Å². The van der Waals surface area contributed by atoms with Crippen LogP contribution in [0.1, 0.15) is 28.4 Å². The van der Waals surface area contributed by atoms with E-state index < -0.39 is 28.5 Å². The zero-order valence-electron chi connectivity index (χ0n) is 14.5. The Morgan fingerprint density at radius 2 is 1.85 bits per heavy atom. The van der Waals surface area contributed by atoms with Crippen LogP contribution >= 0.6 is 0 Å². The van der Waals surface area contributed by atoms with Gasteiger partial charge in [-0.1, -0.05) is 31.2 Å². The SMILES string of the molecule is CCc1cccc(C)c1NC(=O)COC(=O)c1cccc(S(N)(=O)=O)c1. The van der Waals surface area contributed by atoms with E-state index in [0.29, 0.717) is 5.69 Å². The molecule has 1 amide bonds. The van der Waals surface area contributed by atoms with Gasteiger partial charge in [0.25, 0.3) is 5.91 Å². The van der Waals surface area contributed by atoms with Crippen molar-refractivity contribution in [3.8, 4) is 0 Å². The lowest BCUT2D eigenvalue weighted by Gasteiger charge is -2.13. The molecule has 0 fully saturated rings. The highest BCUT2D eigenvalue weighted by Crippen LogP contribution is 2.21. The Labute approximate surface area is 152 Å². The van der Waals surface area contributed by atoms with E-state index >= 15 is 0 Å². The quantitative estimate of drug-likeness (QED) is 0.748. The Balaban J connectivity index is 2.03. The summed E-state index contributed by atoms with van der Waals surface area (Å²) in [4.78, 5) is 23.9. The van der Waals surface area contributed by atoms with Gasteiger partial charge in [0.1, 0.15) is 0 Å². The monoisotopic (exact) mass is 376 g/mol.